The molecule has 0 unspecified atom stereocenters. The number of likely N-dealkylation sites (tertiary alicyclic amines) is 1. The molecule has 22 heavy (non-hydrogen) atoms. The highest BCUT2D eigenvalue weighted by Crippen LogP contribution is 2.27. The van der Waals surface area contributed by atoms with Gasteiger partial charge in [0.25, 0.3) is 0 Å². The summed E-state index contributed by atoms with van der Waals surface area (Å²) in [7, 11) is 0. The lowest BCUT2D eigenvalue weighted by atomic mass is 10.1. The first kappa shape index (κ1) is 15.3. The van der Waals surface area contributed by atoms with Crippen LogP contribution in [-0.2, 0) is 4.79 Å². The molecule has 1 aliphatic carbocycles. The van der Waals surface area contributed by atoms with Crippen LogP contribution in [0.1, 0.15) is 31.2 Å². The number of nitrogens with zero attached hydrogens (tertiary/aromatic N) is 1. The fourth-order valence-electron chi connectivity index (χ4n) is 2.85. The second-order valence-corrected chi connectivity index (χ2v) is 6.59. The van der Waals surface area contributed by atoms with Crippen LogP contribution >= 0.6 is 0 Å². The van der Waals surface area contributed by atoms with Crippen LogP contribution < -0.4 is 10.1 Å². The van der Waals surface area contributed by atoms with E-state index in [1.165, 1.54) is 18.4 Å². The van der Waals surface area contributed by atoms with E-state index in [1.54, 1.807) is 0 Å². The Hall–Kier alpha value is -1.55. The second-order valence-electron chi connectivity index (χ2n) is 6.59. The molecule has 3 rings (SSSR count). The first-order valence-corrected chi connectivity index (χ1v) is 8.42. The maximum Gasteiger partial charge on any atom is 0.236 e. The van der Waals surface area contributed by atoms with Gasteiger partial charge < -0.3 is 15.0 Å². The van der Waals surface area contributed by atoms with Crippen LogP contribution in [0.15, 0.2) is 24.3 Å². The van der Waals surface area contributed by atoms with E-state index >= 15 is 0 Å². The first-order valence-electron chi connectivity index (χ1n) is 8.42. The molecule has 0 spiro atoms. The Kier molecular flexibility index (Phi) is 4.98. The average Bonchev–Trinajstić information content (AvgIpc) is 3.34. The average molecular weight is 302 g/mol. The third kappa shape index (κ3) is 4.47. The number of carbonyl (C=O) groups excluding carboxylic acids is 1. The van der Waals surface area contributed by atoms with Gasteiger partial charge in [-0.05, 0) is 44.4 Å². The van der Waals surface area contributed by atoms with Crippen molar-refractivity contribution in [2.24, 2.45) is 5.92 Å². The van der Waals surface area contributed by atoms with E-state index in [2.05, 4.69) is 24.4 Å². The van der Waals surface area contributed by atoms with E-state index < -0.39 is 0 Å². The zero-order valence-corrected chi connectivity index (χ0v) is 13.4. The zero-order valence-electron chi connectivity index (χ0n) is 13.4. The van der Waals surface area contributed by atoms with Gasteiger partial charge in [0.05, 0.1) is 6.54 Å². The Balaban J connectivity index is 1.37. The van der Waals surface area contributed by atoms with Crippen LogP contribution in [0, 0.1) is 12.8 Å². The number of hydrogen-bond donors (Lipinski definition) is 1. The predicted molar refractivity (Wildman–Crippen MR) is 87.0 cm³/mol. The van der Waals surface area contributed by atoms with Crippen molar-refractivity contribution in [2.45, 2.75) is 38.7 Å². The Morgan fingerprint density at radius 3 is 2.50 bits per heavy atom. The van der Waals surface area contributed by atoms with Crippen molar-refractivity contribution < 1.29 is 9.53 Å². The first-order chi connectivity index (χ1) is 10.7. The second kappa shape index (κ2) is 7.14. The van der Waals surface area contributed by atoms with E-state index in [1.807, 2.05) is 17.0 Å². The van der Waals surface area contributed by atoms with Crippen molar-refractivity contribution in [2.75, 3.05) is 26.2 Å². The van der Waals surface area contributed by atoms with E-state index in [0.29, 0.717) is 6.54 Å². The number of piperidine rings is 1. The van der Waals surface area contributed by atoms with Gasteiger partial charge in [0.2, 0.25) is 5.91 Å². The number of carbonyl (C=O) groups is 1. The van der Waals surface area contributed by atoms with Crippen LogP contribution in [-0.4, -0.2) is 43.1 Å². The molecule has 1 saturated heterocycles. The van der Waals surface area contributed by atoms with Crippen molar-refractivity contribution in [1.82, 2.24) is 10.2 Å². The van der Waals surface area contributed by atoms with E-state index in [0.717, 1.165) is 44.1 Å². The van der Waals surface area contributed by atoms with E-state index in [-0.39, 0.29) is 12.0 Å². The lowest BCUT2D eigenvalue weighted by molar-refractivity contribution is -0.132. The van der Waals surface area contributed by atoms with E-state index in [4.69, 9.17) is 4.74 Å². The summed E-state index contributed by atoms with van der Waals surface area (Å²) in [6.45, 7) is 5.17. The fraction of sp³-hybridized carbons (Fsp3) is 0.611. The molecule has 1 aliphatic heterocycles. The summed E-state index contributed by atoms with van der Waals surface area (Å²) < 4.78 is 6.01. The van der Waals surface area contributed by atoms with Crippen LogP contribution in [0.5, 0.6) is 5.75 Å². The summed E-state index contributed by atoms with van der Waals surface area (Å²) >= 11 is 0. The Morgan fingerprint density at radius 2 is 1.86 bits per heavy atom. The highest BCUT2D eigenvalue weighted by Gasteiger charge is 2.25. The fourth-order valence-corrected chi connectivity index (χ4v) is 2.85. The van der Waals surface area contributed by atoms with Gasteiger partial charge in [-0.15, -0.1) is 0 Å². The summed E-state index contributed by atoms with van der Waals surface area (Å²) in [5.74, 6) is 1.98. The molecule has 0 radical (unpaired) electrons. The minimum atomic E-state index is 0.228. The predicted octanol–water partition coefficient (Wildman–Crippen LogP) is 2.36. The molecule has 1 heterocycles. The van der Waals surface area contributed by atoms with Gasteiger partial charge in [0.15, 0.2) is 0 Å². The number of rotatable bonds is 6. The molecular weight excluding hydrogens is 276 g/mol. The molecular formula is C18H26N2O2. The van der Waals surface area contributed by atoms with Crippen LogP contribution in [0.2, 0.25) is 0 Å². The number of hydrogen-bond acceptors (Lipinski definition) is 3. The molecule has 1 saturated carbocycles. The van der Waals surface area contributed by atoms with Crippen molar-refractivity contribution >= 4 is 5.91 Å². The maximum absolute atomic E-state index is 12.1. The Morgan fingerprint density at radius 1 is 1.18 bits per heavy atom. The van der Waals surface area contributed by atoms with Gasteiger partial charge in [-0.3, -0.25) is 4.79 Å². The molecule has 4 heteroatoms. The molecule has 2 aliphatic rings. The number of amides is 1. The summed E-state index contributed by atoms with van der Waals surface area (Å²) in [5, 5.41) is 3.28. The zero-order chi connectivity index (χ0) is 15.4. The van der Waals surface area contributed by atoms with Gasteiger partial charge >= 0.3 is 0 Å². The lowest BCUT2D eigenvalue weighted by Crippen LogP contribution is -2.45. The lowest BCUT2D eigenvalue weighted by Gasteiger charge is -2.32. The summed E-state index contributed by atoms with van der Waals surface area (Å²) in [6, 6.07) is 8.18. The van der Waals surface area contributed by atoms with Crippen molar-refractivity contribution in [3.05, 3.63) is 29.8 Å². The monoisotopic (exact) mass is 302 g/mol. The summed E-state index contributed by atoms with van der Waals surface area (Å²) in [5.41, 5.74) is 1.24. The molecule has 0 aromatic heterocycles. The van der Waals surface area contributed by atoms with Crippen molar-refractivity contribution in [3.63, 3.8) is 0 Å². The Labute approximate surface area is 132 Å². The summed E-state index contributed by atoms with van der Waals surface area (Å²) in [4.78, 5) is 14.1. The smallest absolute Gasteiger partial charge is 0.236 e. The minimum Gasteiger partial charge on any atom is -0.490 e. The topological polar surface area (TPSA) is 41.6 Å². The molecule has 4 nitrogen and oxygen atoms in total. The largest absolute Gasteiger partial charge is 0.490 e. The minimum absolute atomic E-state index is 0.228. The van der Waals surface area contributed by atoms with Gasteiger partial charge in [-0.1, -0.05) is 17.7 Å². The standard InChI is InChI=1S/C18H26N2O2/c1-14-2-6-16(7-3-14)22-17-8-10-20(11-9-17)18(21)13-19-12-15-4-5-15/h2-3,6-7,15,17,19H,4-5,8-13H2,1H3. The molecule has 1 aromatic carbocycles. The molecule has 0 bridgehead atoms. The molecule has 120 valence electrons. The molecule has 2 fully saturated rings. The third-order valence-corrected chi connectivity index (χ3v) is 4.52. The van der Waals surface area contributed by atoms with Crippen molar-refractivity contribution in [3.8, 4) is 5.75 Å². The number of aryl methyl sites for hydroxylation is 1. The molecule has 0 atom stereocenters. The van der Waals surface area contributed by atoms with Gasteiger partial charge in [0.1, 0.15) is 11.9 Å². The van der Waals surface area contributed by atoms with Gasteiger partial charge in [0, 0.05) is 25.9 Å². The number of nitrogens with one attached hydrogen (secondary N) is 1. The molecule has 1 N–H and O–H groups in total. The maximum atomic E-state index is 12.1. The highest BCUT2D eigenvalue weighted by atomic mass is 16.5. The molecule has 1 aromatic rings. The highest BCUT2D eigenvalue weighted by molar-refractivity contribution is 5.78. The SMILES string of the molecule is Cc1ccc(OC2CCN(C(=O)CNCC3CC3)CC2)cc1. The summed E-state index contributed by atoms with van der Waals surface area (Å²) in [6.07, 6.45) is 4.71. The van der Waals surface area contributed by atoms with Crippen LogP contribution in [0.4, 0.5) is 0 Å². The van der Waals surface area contributed by atoms with Gasteiger partial charge in [-0.25, -0.2) is 0 Å². The normalized spacial score (nSPS) is 19.2. The van der Waals surface area contributed by atoms with E-state index in [9.17, 15) is 4.79 Å². The van der Waals surface area contributed by atoms with Crippen LogP contribution in [0.25, 0.3) is 0 Å². The Bertz CT molecular complexity index is 488. The van der Waals surface area contributed by atoms with Gasteiger partial charge in [-0.2, -0.15) is 0 Å². The third-order valence-electron chi connectivity index (χ3n) is 4.52. The number of benzene rings is 1. The van der Waals surface area contributed by atoms with Crippen LogP contribution in [0.3, 0.4) is 0 Å². The number of ether oxygens (including phenoxy) is 1. The quantitative estimate of drug-likeness (QED) is 0.877. The van der Waals surface area contributed by atoms with Crippen molar-refractivity contribution in [1.29, 1.82) is 0 Å². The molecule has 1 amide bonds.